The predicted molar refractivity (Wildman–Crippen MR) is 71.3 cm³/mol. The minimum atomic E-state index is -1.12. The molecule has 1 N–H and O–H groups in total. The molecule has 1 aromatic carbocycles. The maximum atomic E-state index is 11.1. The molecular weight excluding hydrogens is 260 g/mol. The second-order valence-corrected chi connectivity index (χ2v) is 3.95. The van der Waals surface area contributed by atoms with Gasteiger partial charge < -0.3 is 14.6 Å². The molecule has 2 rings (SSSR count). The van der Waals surface area contributed by atoms with Crippen LogP contribution in [0.3, 0.4) is 0 Å². The minimum Gasteiger partial charge on any atom is -0.490 e. The van der Waals surface area contributed by atoms with Gasteiger partial charge in [-0.2, -0.15) is 5.10 Å². The van der Waals surface area contributed by atoms with E-state index < -0.39 is 5.97 Å². The van der Waals surface area contributed by atoms with Crippen LogP contribution in [-0.2, 0) is 0 Å². The largest absolute Gasteiger partial charge is 0.490 e. The van der Waals surface area contributed by atoms with Crippen LogP contribution >= 0.6 is 0 Å². The number of rotatable bonds is 6. The Morgan fingerprint density at radius 3 is 2.70 bits per heavy atom. The van der Waals surface area contributed by atoms with E-state index in [1.54, 1.807) is 18.2 Å². The van der Waals surface area contributed by atoms with Gasteiger partial charge in [-0.1, -0.05) is 19.1 Å². The second-order valence-electron chi connectivity index (χ2n) is 3.95. The highest BCUT2D eigenvalue weighted by Crippen LogP contribution is 2.31. The number of benzene rings is 1. The quantitative estimate of drug-likeness (QED) is 0.872. The van der Waals surface area contributed by atoms with Gasteiger partial charge in [-0.05, 0) is 24.6 Å². The summed E-state index contributed by atoms with van der Waals surface area (Å²) in [6, 6.07) is 8.35. The highest BCUT2D eigenvalue weighted by atomic mass is 16.5. The molecule has 0 aliphatic heterocycles. The van der Waals surface area contributed by atoms with Crippen molar-refractivity contribution < 1.29 is 19.4 Å². The number of ether oxygens (including phenoxy) is 2. The van der Waals surface area contributed by atoms with Crippen LogP contribution in [0.15, 0.2) is 36.5 Å². The van der Waals surface area contributed by atoms with Crippen LogP contribution in [0.4, 0.5) is 0 Å². The van der Waals surface area contributed by atoms with Crippen molar-refractivity contribution in [1.82, 2.24) is 10.2 Å². The number of aromatic carboxylic acids is 1. The summed E-state index contributed by atoms with van der Waals surface area (Å²) in [7, 11) is 0. The number of nitrogens with zero attached hydrogens (tertiary/aromatic N) is 2. The van der Waals surface area contributed by atoms with Crippen LogP contribution in [0.2, 0.25) is 0 Å². The number of carboxylic acids is 1. The third-order valence-corrected chi connectivity index (χ3v) is 2.43. The predicted octanol–water partition coefficient (Wildman–Crippen LogP) is 2.76. The van der Waals surface area contributed by atoms with Gasteiger partial charge in [0.15, 0.2) is 11.5 Å². The number of hydrogen-bond donors (Lipinski definition) is 1. The molecule has 0 radical (unpaired) electrons. The Morgan fingerprint density at radius 1 is 1.25 bits per heavy atom. The van der Waals surface area contributed by atoms with Crippen molar-refractivity contribution in [3.63, 3.8) is 0 Å². The molecule has 6 heteroatoms. The highest BCUT2D eigenvalue weighted by Gasteiger charge is 2.15. The molecule has 20 heavy (non-hydrogen) atoms. The van der Waals surface area contributed by atoms with Gasteiger partial charge in [0.25, 0.3) is 5.88 Å². The smallest absolute Gasteiger partial charge is 0.341 e. The molecule has 1 heterocycles. The summed E-state index contributed by atoms with van der Waals surface area (Å²) in [6.45, 7) is 2.54. The molecule has 6 nitrogen and oxygen atoms in total. The van der Waals surface area contributed by atoms with Gasteiger partial charge >= 0.3 is 5.97 Å². The first-order chi connectivity index (χ1) is 9.72. The van der Waals surface area contributed by atoms with Gasteiger partial charge in [-0.25, -0.2) is 4.79 Å². The van der Waals surface area contributed by atoms with E-state index in [2.05, 4.69) is 10.2 Å². The van der Waals surface area contributed by atoms with E-state index in [1.807, 2.05) is 13.0 Å². The van der Waals surface area contributed by atoms with Crippen LogP contribution < -0.4 is 9.47 Å². The lowest BCUT2D eigenvalue weighted by molar-refractivity contribution is 0.0693. The second kappa shape index (κ2) is 6.51. The van der Waals surface area contributed by atoms with Crippen molar-refractivity contribution in [2.45, 2.75) is 13.3 Å². The maximum Gasteiger partial charge on any atom is 0.341 e. The Balaban J connectivity index is 2.28. The van der Waals surface area contributed by atoms with E-state index in [9.17, 15) is 4.79 Å². The zero-order valence-corrected chi connectivity index (χ0v) is 10.9. The Morgan fingerprint density at radius 2 is 2.00 bits per heavy atom. The van der Waals surface area contributed by atoms with Crippen LogP contribution in [0.25, 0.3) is 0 Å². The average molecular weight is 274 g/mol. The van der Waals surface area contributed by atoms with E-state index in [0.29, 0.717) is 18.1 Å². The monoisotopic (exact) mass is 274 g/mol. The molecule has 2 aromatic rings. The van der Waals surface area contributed by atoms with E-state index >= 15 is 0 Å². The molecule has 1 aromatic heterocycles. The zero-order valence-electron chi connectivity index (χ0n) is 10.9. The molecular formula is C14H14N2O4. The Hall–Kier alpha value is -2.63. The van der Waals surface area contributed by atoms with Gasteiger partial charge in [-0.3, -0.25) is 0 Å². The van der Waals surface area contributed by atoms with Crippen molar-refractivity contribution in [3.8, 4) is 17.4 Å². The van der Waals surface area contributed by atoms with Crippen LogP contribution in [-0.4, -0.2) is 27.9 Å². The van der Waals surface area contributed by atoms with Gasteiger partial charge in [0.1, 0.15) is 5.56 Å². The Labute approximate surface area is 116 Å². The molecule has 0 saturated carbocycles. The number of para-hydroxylation sites is 2. The lowest BCUT2D eigenvalue weighted by Gasteiger charge is -2.11. The Bertz CT molecular complexity index is 601. The molecule has 0 saturated heterocycles. The van der Waals surface area contributed by atoms with Gasteiger partial charge in [0.05, 0.1) is 12.8 Å². The topological polar surface area (TPSA) is 81.5 Å². The lowest BCUT2D eigenvalue weighted by atomic mass is 10.3. The summed E-state index contributed by atoms with van der Waals surface area (Å²) in [5, 5.41) is 16.4. The first-order valence-electron chi connectivity index (χ1n) is 6.17. The van der Waals surface area contributed by atoms with Gasteiger partial charge in [-0.15, -0.1) is 5.10 Å². The Kier molecular flexibility index (Phi) is 4.49. The average Bonchev–Trinajstić information content (AvgIpc) is 2.47. The highest BCUT2D eigenvalue weighted by molar-refractivity contribution is 5.90. The molecule has 0 atom stereocenters. The number of aromatic nitrogens is 2. The summed E-state index contributed by atoms with van der Waals surface area (Å²) in [6.07, 6.45) is 2.16. The van der Waals surface area contributed by atoms with Crippen molar-refractivity contribution >= 4 is 5.97 Å². The number of carbonyl (C=O) groups is 1. The minimum absolute atomic E-state index is 0.0507. The molecule has 0 unspecified atom stereocenters. The molecule has 0 aliphatic carbocycles. The molecule has 0 bridgehead atoms. The zero-order chi connectivity index (χ0) is 14.4. The van der Waals surface area contributed by atoms with Crippen LogP contribution in [0.5, 0.6) is 17.4 Å². The molecule has 0 spiro atoms. The summed E-state index contributed by atoms with van der Waals surface area (Å²) in [4.78, 5) is 11.1. The standard InChI is InChI=1S/C14H14N2O4/c1-2-9-19-11-5-3-4-6-12(11)20-13-10(14(17)18)7-8-15-16-13/h3-8H,2,9H2,1H3,(H,17,18). The van der Waals surface area contributed by atoms with Crippen molar-refractivity contribution in [2.24, 2.45) is 0 Å². The fourth-order valence-electron chi connectivity index (χ4n) is 1.53. The van der Waals surface area contributed by atoms with E-state index in [1.165, 1.54) is 12.3 Å². The third-order valence-electron chi connectivity index (χ3n) is 2.43. The fourth-order valence-corrected chi connectivity index (χ4v) is 1.53. The lowest BCUT2D eigenvalue weighted by Crippen LogP contribution is -2.04. The summed E-state index contributed by atoms with van der Waals surface area (Å²) < 4.78 is 11.1. The third kappa shape index (κ3) is 3.23. The summed E-state index contributed by atoms with van der Waals surface area (Å²) in [5.41, 5.74) is -0.0507. The van der Waals surface area contributed by atoms with E-state index in [0.717, 1.165) is 6.42 Å². The van der Waals surface area contributed by atoms with E-state index in [-0.39, 0.29) is 11.4 Å². The molecule has 0 fully saturated rings. The first-order valence-corrected chi connectivity index (χ1v) is 6.17. The summed E-state index contributed by atoms with van der Waals surface area (Å²) in [5.74, 6) is -0.241. The van der Waals surface area contributed by atoms with Crippen LogP contribution in [0.1, 0.15) is 23.7 Å². The van der Waals surface area contributed by atoms with Crippen molar-refractivity contribution in [2.75, 3.05) is 6.61 Å². The van der Waals surface area contributed by atoms with Crippen molar-refractivity contribution in [3.05, 3.63) is 42.1 Å². The normalized spacial score (nSPS) is 10.1. The van der Waals surface area contributed by atoms with Crippen LogP contribution in [0, 0.1) is 0 Å². The fraction of sp³-hybridized carbons (Fsp3) is 0.214. The van der Waals surface area contributed by atoms with Gasteiger partial charge in [0.2, 0.25) is 0 Å². The SMILES string of the molecule is CCCOc1ccccc1Oc1nnccc1C(=O)O. The van der Waals surface area contributed by atoms with Crippen molar-refractivity contribution in [1.29, 1.82) is 0 Å². The number of carboxylic acid groups (broad SMARTS) is 1. The molecule has 0 amide bonds. The maximum absolute atomic E-state index is 11.1. The molecule has 104 valence electrons. The van der Waals surface area contributed by atoms with E-state index in [4.69, 9.17) is 14.6 Å². The number of hydrogen-bond acceptors (Lipinski definition) is 5. The summed E-state index contributed by atoms with van der Waals surface area (Å²) >= 11 is 0. The first kappa shape index (κ1) is 13.8. The van der Waals surface area contributed by atoms with Gasteiger partial charge in [0, 0.05) is 0 Å². The molecule has 0 aliphatic rings.